The van der Waals surface area contributed by atoms with Crippen molar-refractivity contribution in [3.05, 3.63) is 69.0 Å². The van der Waals surface area contributed by atoms with Crippen molar-refractivity contribution in [2.45, 2.75) is 33.6 Å². The van der Waals surface area contributed by atoms with Crippen LogP contribution in [0.15, 0.2) is 40.5 Å². The molecule has 0 spiro atoms. The molecular formula is C22H22FN5O2S. The van der Waals surface area contributed by atoms with Gasteiger partial charge in [-0.3, -0.25) is 14.0 Å². The van der Waals surface area contributed by atoms with Gasteiger partial charge in [0.15, 0.2) is 4.96 Å². The summed E-state index contributed by atoms with van der Waals surface area (Å²) in [6.45, 7) is 6.18. The van der Waals surface area contributed by atoms with Crippen LogP contribution in [0.4, 0.5) is 4.39 Å². The number of rotatable bonds is 6. The van der Waals surface area contributed by atoms with Gasteiger partial charge in [-0.05, 0) is 44.5 Å². The molecule has 0 aliphatic heterocycles. The summed E-state index contributed by atoms with van der Waals surface area (Å²) in [4.78, 5) is 30.7. The van der Waals surface area contributed by atoms with Crippen LogP contribution < -0.4 is 10.9 Å². The first-order valence-corrected chi connectivity index (χ1v) is 10.9. The van der Waals surface area contributed by atoms with Gasteiger partial charge >= 0.3 is 0 Å². The fourth-order valence-electron chi connectivity index (χ4n) is 3.48. The maximum atomic E-state index is 13.7. The van der Waals surface area contributed by atoms with Crippen molar-refractivity contribution in [3.8, 4) is 16.9 Å². The van der Waals surface area contributed by atoms with Gasteiger partial charge in [-0.2, -0.15) is 5.10 Å². The smallest absolute Gasteiger partial charge is 0.268 e. The van der Waals surface area contributed by atoms with Crippen molar-refractivity contribution in [1.29, 1.82) is 0 Å². The van der Waals surface area contributed by atoms with Gasteiger partial charge < -0.3 is 5.32 Å². The number of hydrogen-bond donors (Lipinski definition) is 1. The van der Waals surface area contributed by atoms with Crippen molar-refractivity contribution < 1.29 is 9.18 Å². The number of amides is 1. The molecule has 3 heterocycles. The predicted octanol–water partition coefficient (Wildman–Crippen LogP) is 3.43. The van der Waals surface area contributed by atoms with Gasteiger partial charge in [0.25, 0.3) is 5.56 Å². The van der Waals surface area contributed by atoms with Crippen LogP contribution in [0.5, 0.6) is 0 Å². The van der Waals surface area contributed by atoms with Gasteiger partial charge in [-0.1, -0.05) is 13.0 Å². The fraction of sp³-hybridized carbons (Fsp3) is 0.273. The third kappa shape index (κ3) is 4.00. The van der Waals surface area contributed by atoms with Crippen LogP contribution in [0.1, 0.15) is 30.4 Å². The van der Waals surface area contributed by atoms with Crippen molar-refractivity contribution in [1.82, 2.24) is 24.5 Å². The normalized spacial score (nSPS) is 11.2. The summed E-state index contributed by atoms with van der Waals surface area (Å²) in [6.07, 6.45) is 0.940. The predicted molar refractivity (Wildman–Crippen MR) is 118 cm³/mol. The van der Waals surface area contributed by atoms with Gasteiger partial charge in [-0.15, -0.1) is 11.3 Å². The Labute approximate surface area is 182 Å². The van der Waals surface area contributed by atoms with Gasteiger partial charge in [0.2, 0.25) is 5.91 Å². The van der Waals surface area contributed by atoms with E-state index in [2.05, 4.69) is 15.4 Å². The van der Waals surface area contributed by atoms with Crippen LogP contribution in [-0.4, -0.2) is 31.6 Å². The summed E-state index contributed by atoms with van der Waals surface area (Å²) >= 11 is 1.32. The molecule has 3 aromatic heterocycles. The van der Waals surface area contributed by atoms with E-state index in [4.69, 9.17) is 0 Å². The van der Waals surface area contributed by atoms with Crippen molar-refractivity contribution in [2.24, 2.45) is 0 Å². The minimum Gasteiger partial charge on any atom is -0.356 e. The largest absolute Gasteiger partial charge is 0.356 e. The second-order valence-electron chi connectivity index (χ2n) is 7.31. The molecule has 1 aromatic carbocycles. The topological polar surface area (TPSA) is 81.3 Å². The highest BCUT2D eigenvalue weighted by molar-refractivity contribution is 7.15. The number of thiazole rings is 1. The molecular weight excluding hydrogens is 417 g/mol. The molecule has 1 N–H and O–H groups in total. The highest BCUT2D eigenvalue weighted by Gasteiger charge is 2.20. The zero-order chi connectivity index (χ0) is 22.1. The van der Waals surface area contributed by atoms with E-state index in [1.165, 1.54) is 27.9 Å². The average Bonchev–Trinajstić information content (AvgIpc) is 3.30. The molecule has 4 aromatic rings. The minimum absolute atomic E-state index is 0.0981. The Balaban J connectivity index is 1.80. The molecule has 7 nitrogen and oxygen atoms in total. The second-order valence-corrected chi connectivity index (χ2v) is 8.15. The molecule has 0 radical (unpaired) electrons. The number of hydrogen-bond acceptors (Lipinski definition) is 5. The molecule has 31 heavy (non-hydrogen) atoms. The Kier molecular flexibility index (Phi) is 5.69. The molecule has 9 heteroatoms. The molecule has 0 saturated heterocycles. The summed E-state index contributed by atoms with van der Waals surface area (Å²) in [7, 11) is 0. The Hall–Kier alpha value is -3.33. The van der Waals surface area contributed by atoms with E-state index in [0.717, 1.165) is 12.1 Å². The lowest BCUT2D eigenvalue weighted by Crippen LogP contribution is -2.28. The molecule has 0 aliphatic rings. The molecule has 160 valence electrons. The molecule has 0 unspecified atom stereocenters. The van der Waals surface area contributed by atoms with Crippen LogP contribution in [0.3, 0.4) is 0 Å². The highest BCUT2D eigenvalue weighted by Crippen LogP contribution is 2.23. The Bertz CT molecular complexity index is 1340. The van der Waals surface area contributed by atoms with E-state index in [1.807, 2.05) is 13.8 Å². The van der Waals surface area contributed by atoms with Crippen LogP contribution in [0, 0.1) is 19.7 Å². The summed E-state index contributed by atoms with van der Waals surface area (Å²) < 4.78 is 16.7. The molecule has 1 amide bonds. The number of aryl methyl sites for hydroxylation is 2. The first-order valence-electron chi connectivity index (χ1n) is 9.98. The lowest BCUT2D eigenvalue weighted by atomic mass is 10.1. The monoisotopic (exact) mass is 439 g/mol. The summed E-state index contributed by atoms with van der Waals surface area (Å²) in [5, 5.41) is 9.17. The first kappa shape index (κ1) is 20.9. The standard InChI is InChI=1S/C22H22FN5O2S/c1-4-8-24-19(29)11-17-12-31-22-25-14(3)20(21(30)27(17)22)18-9-13(2)28(26-18)16-7-5-6-15(23)10-16/h5-7,9-10,12H,4,8,11H2,1-3H3,(H,24,29). The zero-order valence-electron chi connectivity index (χ0n) is 17.5. The molecule has 0 saturated carbocycles. The van der Waals surface area contributed by atoms with Crippen molar-refractivity contribution in [3.63, 3.8) is 0 Å². The van der Waals surface area contributed by atoms with E-state index in [9.17, 15) is 14.0 Å². The lowest BCUT2D eigenvalue weighted by Gasteiger charge is -2.07. The Morgan fingerprint density at radius 1 is 1.26 bits per heavy atom. The summed E-state index contributed by atoms with van der Waals surface area (Å²) in [5.74, 6) is -0.501. The van der Waals surface area contributed by atoms with Crippen molar-refractivity contribution in [2.75, 3.05) is 6.54 Å². The number of halogens is 1. The lowest BCUT2D eigenvalue weighted by molar-refractivity contribution is -0.120. The Morgan fingerprint density at radius 3 is 2.81 bits per heavy atom. The van der Waals surface area contributed by atoms with E-state index in [-0.39, 0.29) is 23.7 Å². The number of nitrogens with zero attached hydrogens (tertiary/aromatic N) is 4. The van der Waals surface area contributed by atoms with E-state index < -0.39 is 0 Å². The number of fused-ring (bicyclic) bond motifs is 1. The number of carbonyl (C=O) groups is 1. The highest BCUT2D eigenvalue weighted by atomic mass is 32.1. The maximum absolute atomic E-state index is 13.7. The molecule has 0 aliphatic carbocycles. The summed E-state index contributed by atoms with van der Waals surface area (Å²) in [6, 6.07) is 7.90. The average molecular weight is 440 g/mol. The van der Waals surface area contributed by atoms with Gasteiger partial charge in [-0.25, -0.2) is 14.1 Å². The quantitative estimate of drug-likeness (QED) is 0.499. The molecule has 4 rings (SSSR count). The van der Waals surface area contributed by atoms with Crippen LogP contribution >= 0.6 is 11.3 Å². The maximum Gasteiger partial charge on any atom is 0.268 e. The first-order chi connectivity index (χ1) is 14.9. The number of nitrogens with one attached hydrogen (secondary N) is 1. The number of aromatic nitrogens is 4. The van der Waals surface area contributed by atoms with Crippen LogP contribution in [0.25, 0.3) is 21.9 Å². The number of benzene rings is 1. The molecule has 0 atom stereocenters. The number of carbonyl (C=O) groups excluding carboxylic acids is 1. The summed E-state index contributed by atoms with van der Waals surface area (Å²) in [5.41, 5.74) is 3.02. The van der Waals surface area contributed by atoms with Gasteiger partial charge in [0.05, 0.1) is 23.4 Å². The third-order valence-corrected chi connectivity index (χ3v) is 5.81. The van der Waals surface area contributed by atoms with Gasteiger partial charge in [0.1, 0.15) is 11.5 Å². The van der Waals surface area contributed by atoms with Crippen LogP contribution in [-0.2, 0) is 11.2 Å². The third-order valence-electron chi connectivity index (χ3n) is 4.93. The van der Waals surface area contributed by atoms with Gasteiger partial charge in [0, 0.05) is 23.3 Å². The fourth-order valence-corrected chi connectivity index (χ4v) is 4.41. The minimum atomic E-state index is -0.363. The second kappa shape index (κ2) is 8.43. The Morgan fingerprint density at radius 2 is 2.06 bits per heavy atom. The van der Waals surface area contributed by atoms with E-state index in [0.29, 0.717) is 39.8 Å². The van der Waals surface area contributed by atoms with Crippen molar-refractivity contribution >= 4 is 22.2 Å². The molecule has 0 fully saturated rings. The molecule has 0 bridgehead atoms. The van der Waals surface area contributed by atoms with E-state index >= 15 is 0 Å². The SMILES string of the molecule is CCCNC(=O)Cc1csc2nc(C)c(-c3cc(C)n(-c4cccc(F)c4)n3)c(=O)n12. The zero-order valence-corrected chi connectivity index (χ0v) is 18.3. The van der Waals surface area contributed by atoms with Crippen LogP contribution in [0.2, 0.25) is 0 Å². The van der Waals surface area contributed by atoms with E-state index in [1.54, 1.807) is 35.2 Å².